The Morgan fingerprint density at radius 1 is 1.33 bits per heavy atom. The molecule has 2 aromatic rings. The average Bonchev–Trinajstić information content (AvgIpc) is 3.04. The number of aromatic nitrogens is 2. The number of imidazole rings is 1. The summed E-state index contributed by atoms with van der Waals surface area (Å²) in [5, 5.41) is 12.1. The van der Waals surface area contributed by atoms with Gasteiger partial charge in [-0.25, -0.2) is 9.78 Å². The fraction of sp³-hybridized carbons (Fsp3) is 0.412. The molecule has 2 heterocycles. The molecule has 0 saturated heterocycles. The SMILES string of the molecule is N#CC1(NC(=O)COC(=O)c2cn3ccccc3n2)CCCCC1. The van der Waals surface area contributed by atoms with Gasteiger partial charge in [0.2, 0.25) is 0 Å². The monoisotopic (exact) mass is 326 g/mol. The Bertz CT molecular complexity index is 767. The minimum Gasteiger partial charge on any atom is -0.451 e. The molecule has 1 N–H and O–H groups in total. The molecule has 1 saturated carbocycles. The van der Waals surface area contributed by atoms with Crippen molar-refractivity contribution in [2.45, 2.75) is 37.6 Å². The summed E-state index contributed by atoms with van der Waals surface area (Å²) in [5.41, 5.74) is -0.0635. The molecule has 1 aliphatic rings. The van der Waals surface area contributed by atoms with Gasteiger partial charge in [-0.1, -0.05) is 25.3 Å². The molecule has 24 heavy (non-hydrogen) atoms. The molecule has 7 nitrogen and oxygen atoms in total. The molecule has 0 atom stereocenters. The number of nitriles is 1. The van der Waals surface area contributed by atoms with Crippen molar-refractivity contribution in [3.63, 3.8) is 0 Å². The van der Waals surface area contributed by atoms with Crippen LogP contribution in [-0.2, 0) is 9.53 Å². The Kier molecular flexibility index (Phi) is 4.47. The summed E-state index contributed by atoms with van der Waals surface area (Å²) in [6, 6.07) is 7.60. The number of amides is 1. The predicted octanol–water partition coefficient (Wildman–Crippen LogP) is 1.83. The van der Waals surface area contributed by atoms with Gasteiger partial charge in [0.1, 0.15) is 11.2 Å². The smallest absolute Gasteiger partial charge is 0.359 e. The van der Waals surface area contributed by atoms with Gasteiger partial charge >= 0.3 is 5.97 Å². The maximum atomic E-state index is 12.0. The number of nitrogens with one attached hydrogen (secondary N) is 1. The number of esters is 1. The standard InChI is InChI=1S/C17H18N4O3/c18-12-17(7-3-1-4-8-17)20-15(22)11-24-16(23)13-10-21-9-5-2-6-14(21)19-13/h2,5-6,9-10H,1,3-4,7-8,11H2,(H,20,22). The second-order valence-corrected chi connectivity index (χ2v) is 5.97. The van der Waals surface area contributed by atoms with Crippen LogP contribution in [0.3, 0.4) is 0 Å². The second kappa shape index (κ2) is 6.71. The molecule has 1 amide bonds. The Labute approximate surface area is 139 Å². The van der Waals surface area contributed by atoms with Gasteiger partial charge in [-0.15, -0.1) is 0 Å². The van der Waals surface area contributed by atoms with Gasteiger partial charge in [-0.2, -0.15) is 5.26 Å². The lowest BCUT2D eigenvalue weighted by molar-refractivity contribution is -0.125. The molecule has 0 spiro atoms. The predicted molar refractivity (Wildman–Crippen MR) is 85.0 cm³/mol. The molecule has 7 heteroatoms. The highest BCUT2D eigenvalue weighted by molar-refractivity contribution is 5.90. The number of fused-ring (bicyclic) bond motifs is 1. The molecule has 0 aliphatic heterocycles. The number of nitrogens with zero attached hydrogens (tertiary/aromatic N) is 3. The lowest BCUT2D eigenvalue weighted by Crippen LogP contribution is -2.50. The maximum absolute atomic E-state index is 12.0. The molecule has 0 bridgehead atoms. The Hall–Kier alpha value is -2.88. The highest BCUT2D eigenvalue weighted by Gasteiger charge is 2.33. The van der Waals surface area contributed by atoms with E-state index in [2.05, 4.69) is 16.4 Å². The summed E-state index contributed by atoms with van der Waals surface area (Å²) in [5.74, 6) is -1.13. The molecule has 1 aliphatic carbocycles. The van der Waals surface area contributed by atoms with Crippen molar-refractivity contribution >= 4 is 17.5 Å². The number of hydrogen-bond acceptors (Lipinski definition) is 5. The van der Waals surface area contributed by atoms with Crippen LogP contribution in [-0.4, -0.2) is 33.4 Å². The van der Waals surface area contributed by atoms with Crippen LogP contribution in [0.25, 0.3) is 5.65 Å². The van der Waals surface area contributed by atoms with Crippen LogP contribution in [0.1, 0.15) is 42.6 Å². The molecule has 0 radical (unpaired) electrons. The lowest BCUT2D eigenvalue weighted by Gasteiger charge is -2.31. The fourth-order valence-corrected chi connectivity index (χ4v) is 2.96. The summed E-state index contributed by atoms with van der Waals surface area (Å²) in [6.45, 7) is -0.421. The highest BCUT2D eigenvalue weighted by Crippen LogP contribution is 2.27. The Morgan fingerprint density at radius 2 is 2.12 bits per heavy atom. The second-order valence-electron chi connectivity index (χ2n) is 5.97. The Morgan fingerprint density at radius 3 is 2.83 bits per heavy atom. The van der Waals surface area contributed by atoms with Crippen molar-refractivity contribution in [1.29, 1.82) is 5.26 Å². The highest BCUT2D eigenvalue weighted by atomic mass is 16.5. The summed E-state index contributed by atoms with van der Waals surface area (Å²) in [6.07, 6.45) is 7.48. The number of carbonyl (C=O) groups excluding carboxylic acids is 2. The first-order chi connectivity index (χ1) is 11.6. The van der Waals surface area contributed by atoms with E-state index in [4.69, 9.17) is 4.74 Å². The van der Waals surface area contributed by atoms with Gasteiger partial charge in [-0.3, -0.25) is 4.79 Å². The number of ether oxygens (including phenoxy) is 1. The first-order valence-corrected chi connectivity index (χ1v) is 7.95. The number of pyridine rings is 1. The van der Waals surface area contributed by atoms with E-state index in [1.807, 2.05) is 12.1 Å². The van der Waals surface area contributed by atoms with Crippen molar-refractivity contribution in [2.75, 3.05) is 6.61 Å². The van der Waals surface area contributed by atoms with Gasteiger partial charge in [0.15, 0.2) is 12.3 Å². The van der Waals surface area contributed by atoms with Crippen LogP contribution in [0.2, 0.25) is 0 Å². The third kappa shape index (κ3) is 3.38. The van der Waals surface area contributed by atoms with E-state index in [1.54, 1.807) is 22.9 Å². The molecule has 124 valence electrons. The summed E-state index contributed by atoms with van der Waals surface area (Å²) >= 11 is 0. The van der Waals surface area contributed by atoms with E-state index in [0.717, 1.165) is 19.3 Å². The average molecular weight is 326 g/mol. The van der Waals surface area contributed by atoms with Crippen molar-refractivity contribution in [1.82, 2.24) is 14.7 Å². The summed E-state index contributed by atoms with van der Waals surface area (Å²) in [7, 11) is 0. The van der Waals surface area contributed by atoms with Crippen LogP contribution in [0.15, 0.2) is 30.6 Å². The van der Waals surface area contributed by atoms with Crippen LogP contribution in [0.4, 0.5) is 0 Å². The van der Waals surface area contributed by atoms with Gasteiger partial charge in [0.25, 0.3) is 5.91 Å². The maximum Gasteiger partial charge on any atom is 0.359 e. The first-order valence-electron chi connectivity index (χ1n) is 7.95. The van der Waals surface area contributed by atoms with E-state index in [9.17, 15) is 14.9 Å². The molecule has 0 aromatic carbocycles. The van der Waals surface area contributed by atoms with E-state index in [0.29, 0.717) is 18.5 Å². The van der Waals surface area contributed by atoms with Crippen LogP contribution in [0, 0.1) is 11.3 Å². The normalized spacial score (nSPS) is 16.3. The molecule has 1 fully saturated rings. The zero-order chi connectivity index (χ0) is 17.0. The van der Waals surface area contributed by atoms with Crippen molar-refractivity contribution < 1.29 is 14.3 Å². The number of hydrogen-bond donors (Lipinski definition) is 1. The topological polar surface area (TPSA) is 96.5 Å². The largest absolute Gasteiger partial charge is 0.451 e. The van der Waals surface area contributed by atoms with Gasteiger partial charge in [0, 0.05) is 12.4 Å². The quantitative estimate of drug-likeness (QED) is 0.865. The summed E-state index contributed by atoms with van der Waals surface area (Å²) < 4.78 is 6.71. The molecule has 0 unspecified atom stereocenters. The van der Waals surface area contributed by atoms with Crippen LogP contribution in [0.5, 0.6) is 0 Å². The zero-order valence-corrected chi connectivity index (χ0v) is 13.2. The molecular weight excluding hydrogens is 308 g/mol. The van der Waals surface area contributed by atoms with Crippen LogP contribution < -0.4 is 5.32 Å². The van der Waals surface area contributed by atoms with E-state index < -0.39 is 24.0 Å². The fourth-order valence-electron chi connectivity index (χ4n) is 2.96. The lowest BCUT2D eigenvalue weighted by atomic mass is 9.83. The van der Waals surface area contributed by atoms with Gasteiger partial charge < -0.3 is 14.5 Å². The minimum atomic E-state index is -0.829. The van der Waals surface area contributed by atoms with E-state index >= 15 is 0 Å². The van der Waals surface area contributed by atoms with Crippen molar-refractivity contribution in [2.24, 2.45) is 0 Å². The molecule has 3 rings (SSSR count). The Balaban J connectivity index is 1.57. The third-order valence-corrected chi connectivity index (χ3v) is 4.21. The first kappa shape index (κ1) is 16.0. The summed E-state index contributed by atoms with van der Waals surface area (Å²) in [4.78, 5) is 28.2. The van der Waals surface area contributed by atoms with E-state index in [1.165, 1.54) is 0 Å². The van der Waals surface area contributed by atoms with Crippen molar-refractivity contribution in [3.8, 4) is 6.07 Å². The van der Waals surface area contributed by atoms with Gasteiger partial charge in [0.05, 0.1) is 6.07 Å². The molecule has 2 aromatic heterocycles. The van der Waals surface area contributed by atoms with Gasteiger partial charge in [-0.05, 0) is 25.0 Å². The minimum absolute atomic E-state index is 0.140. The van der Waals surface area contributed by atoms with E-state index in [-0.39, 0.29) is 5.69 Å². The van der Waals surface area contributed by atoms with Crippen LogP contribution >= 0.6 is 0 Å². The zero-order valence-electron chi connectivity index (χ0n) is 13.2. The number of rotatable bonds is 4. The number of carbonyl (C=O) groups is 2. The van der Waals surface area contributed by atoms with Crippen molar-refractivity contribution in [3.05, 3.63) is 36.3 Å². The third-order valence-electron chi connectivity index (χ3n) is 4.21. The molecular formula is C17H18N4O3.